The molecule has 1 N–H and O–H groups in total. The lowest BCUT2D eigenvalue weighted by molar-refractivity contribution is -0.231. The van der Waals surface area contributed by atoms with Gasteiger partial charge in [-0.2, -0.15) is 0 Å². The van der Waals surface area contributed by atoms with Crippen molar-refractivity contribution in [2.75, 3.05) is 6.61 Å². The Bertz CT molecular complexity index is 326. The van der Waals surface area contributed by atoms with Gasteiger partial charge in [0, 0.05) is 0 Å². The molecule has 0 aliphatic carbocycles. The van der Waals surface area contributed by atoms with Crippen LogP contribution in [0.4, 0.5) is 0 Å². The van der Waals surface area contributed by atoms with Gasteiger partial charge in [0.15, 0.2) is 11.9 Å². The first-order chi connectivity index (χ1) is 7.81. The van der Waals surface area contributed by atoms with E-state index in [0.717, 1.165) is 0 Å². The highest BCUT2D eigenvalue weighted by Gasteiger charge is 2.68. The quantitative estimate of drug-likeness (QED) is 0.716. The fraction of sp³-hybridized carbons (Fsp3) is 0.909. The molecule has 0 aromatic carbocycles. The average molecular weight is 246 g/mol. The molecule has 0 spiro atoms. The minimum Gasteiger partial charge on any atom is -0.430 e. The molecule has 0 amide bonds. The molecule has 6 nitrogen and oxygen atoms in total. The standard InChI is InChI=1S/C11H18O6/c1-6(2)14-8-7-11(5-12,9(13)15-8)17-10(3,4)16-7/h6-8,12H,5H2,1-4H3/t7-,8+,11-/m1/s1. The van der Waals surface area contributed by atoms with Gasteiger partial charge in [0.05, 0.1) is 12.7 Å². The summed E-state index contributed by atoms with van der Waals surface area (Å²) in [5.74, 6) is -1.58. The number of carbonyl (C=O) groups excluding carboxylic acids is 1. The van der Waals surface area contributed by atoms with Crippen LogP contribution in [-0.4, -0.2) is 47.6 Å². The van der Waals surface area contributed by atoms with Crippen molar-refractivity contribution >= 4 is 5.97 Å². The summed E-state index contributed by atoms with van der Waals surface area (Å²) in [6.45, 7) is 6.53. The molecule has 0 aromatic heterocycles. The van der Waals surface area contributed by atoms with Gasteiger partial charge in [-0.25, -0.2) is 4.79 Å². The van der Waals surface area contributed by atoms with E-state index in [4.69, 9.17) is 18.9 Å². The Hall–Kier alpha value is -0.690. The van der Waals surface area contributed by atoms with Crippen molar-refractivity contribution in [1.29, 1.82) is 0 Å². The van der Waals surface area contributed by atoms with E-state index in [-0.39, 0.29) is 6.10 Å². The smallest absolute Gasteiger partial charge is 0.346 e. The normalized spacial score (nSPS) is 39.5. The maximum atomic E-state index is 11.8. The van der Waals surface area contributed by atoms with Gasteiger partial charge in [-0.15, -0.1) is 0 Å². The first-order valence-corrected chi connectivity index (χ1v) is 5.66. The van der Waals surface area contributed by atoms with E-state index in [1.165, 1.54) is 0 Å². The number of carbonyl (C=O) groups is 1. The second kappa shape index (κ2) is 3.91. The molecule has 98 valence electrons. The van der Waals surface area contributed by atoms with E-state index in [1.54, 1.807) is 13.8 Å². The summed E-state index contributed by atoms with van der Waals surface area (Å²) in [6.07, 6.45) is -1.69. The number of esters is 1. The van der Waals surface area contributed by atoms with Crippen molar-refractivity contribution < 1.29 is 28.8 Å². The van der Waals surface area contributed by atoms with E-state index in [9.17, 15) is 9.90 Å². The van der Waals surface area contributed by atoms with Crippen LogP contribution in [0.2, 0.25) is 0 Å². The SMILES string of the molecule is CC(C)O[C@H]1OC(=O)[C@]2(CO)OC(C)(C)O[C@H]12. The number of cyclic esters (lactones) is 1. The van der Waals surface area contributed by atoms with Crippen LogP contribution in [0.1, 0.15) is 27.7 Å². The number of fused-ring (bicyclic) bond motifs is 1. The van der Waals surface area contributed by atoms with Crippen molar-refractivity contribution in [2.24, 2.45) is 0 Å². The Labute approximate surface area is 99.8 Å². The van der Waals surface area contributed by atoms with Crippen LogP contribution in [0, 0.1) is 0 Å². The number of hydrogen-bond acceptors (Lipinski definition) is 6. The predicted molar refractivity (Wildman–Crippen MR) is 56.0 cm³/mol. The predicted octanol–water partition coefficient (Wildman–Crippen LogP) is 0.177. The van der Waals surface area contributed by atoms with E-state index >= 15 is 0 Å². The zero-order chi connectivity index (χ0) is 12.8. The van der Waals surface area contributed by atoms with Crippen LogP contribution in [-0.2, 0) is 23.7 Å². The maximum Gasteiger partial charge on any atom is 0.346 e. The molecule has 2 heterocycles. The molecule has 6 heteroatoms. The van der Waals surface area contributed by atoms with E-state index in [0.29, 0.717) is 0 Å². The summed E-state index contributed by atoms with van der Waals surface area (Å²) in [4.78, 5) is 11.8. The zero-order valence-electron chi connectivity index (χ0n) is 10.4. The molecule has 0 unspecified atom stereocenters. The molecule has 2 fully saturated rings. The molecule has 0 saturated carbocycles. The Balaban J connectivity index is 2.26. The molecular formula is C11H18O6. The van der Waals surface area contributed by atoms with E-state index in [1.807, 2.05) is 13.8 Å². The van der Waals surface area contributed by atoms with Gasteiger partial charge < -0.3 is 24.1 Å². The van der Waals surface area contributed by atoms with Gasteiger partial charge in [-0.05, 0) is 27.7 Å². The minimum atomic E-state index is -1.46. The molecule has 3 atom stereocenters. The van der Waals surface area contributed by atoms with Gasteiger partial charge in [0.1, 0.15) is 0 Å². The number of rotatable bonds is 3. The summed E-state index contributed by atoms with van der Waals surface area (Å²) in [5, 5.41) is 9.42. The van der Waals surface area contributed by atoms with Crippen molar-refractivity contribution in [1.82, 2.24) is 0 Å². The van der Waals surface area contributed by atoms with E-state index in [2.05, 4.69) is 0 Å². The van der Waals surface area contributed by atoms with Gasteiger partial charge in [-0.3, -0.25) is 0 Å². The number of aliphatic hydroxyl groups excluding tert-OH is 1. The van der Waals surface area contributed by atoms with Gasteiger partial charge in [0.2, 0.25) is 11.9 Å². The third-order valence-electron chi connectivity index (χ3n) is 2.76. The Kier molecular flexibility index (Phi) is 2.94. The van der Waals surface area contributed by atoms with Crippen LogP contribution >= 0.6 is 0 Å². The fourth-order valence-electron chi connectivity index (χ4n) is 2.18. The second-order valence-electron chi connectivity index (χ2n) is 5.05. The summed E-state index contributed by atoms with van der Waals surface area (Å²) >= 11 is 0. The molecule has 2 aliphatic heterocycles. The van der Waals surface area contributed by atoms with Crippen molar-refractivity contribution in [3.63, 3.8) is 0 Å². The summed E-state index contributed by atoms with van der Waals surface area (Å²) in [5.41, 5.74) is -1.46. The molecule has 2 aliphatic rings. The van der Waals surface area contributed by atoms with E-state index < -0.39 is 36.4 Å². The Morgan fingerprint density at radius 3 is 2.65 bits per heavy atom. The van der Waals surface area contributed by atoms with Crippen molar-refractivity contribution in [3.05, 3.63) is 0 Å². The van der Waals surface area contributed by atoms with Crippen molar-refractivity contribution in [3.8, 4) is 0 Å². The van der Waals surface area contributed by atoms with Crippen LogP contribution < -0.4 is 0 Å². The summed E-state index contributed by atoms with van der Waals surface area (Å²) in [6, 6.07) is 0. The molecule has 2 rings (SSSR count). The highest BCUT2D eigenvalue weighted by atomic mass is 16.8. The van der Waals surface area contributed by atoms with Crippen molar-refractivity contribution in [2.45, 2.75) is 57.6 Å². The average Bonchev–Trinajstić information content (AvgIpc) is 2.59. The lowest BCUT2D eigenvalue weighted by Crippen LogP contribution is -2.48. The minimum absolute atomic E-state index is 0.116. The maximum absolute atomic E-state index is 11.8. The molecule has 2 saturated heterocycles. The van der Waals surface area contributed by atoms with Crippen LogP contribution in [0.25, 0.3) is 0 Å². The molecular weight excluding hydrogens is 228 g/mol. The van der Waals surface area contributed by atoms with Gasteiger partial charge in [-0.1, -0.05) is 0 Å². The topological polar surface area (TPSA) is 74.2 Å². The first-order valence-electron chi connectivity index (χ1n) is 5.66. The number of aliphatic hydroxyl groups is 1. The van der Waals surface area contributed by atoms with Gasteiger partial charge in [0.25, 0.3) is 0 Å². The second-order valence-corrected chi connectivity index (χ2v) is 5.05. The molecule has 0 radical (unpaired) electrons. The monoisotopic (exact) mass is 246 g/mol. The Morgan fingerprint density at radius 2 is 2.12 bits per heavy atom. The first kappa shape index (κ1) is 12.8. The lowest BCUT2D eigenvalue weighted by atomic mass is 10.0. The third-order valence-corrected chi connectivity index (χ3v) is 2.76. The Morgan fingerprint density at radius 1 is 1.47 bits per heavy atom. The van der Waals surface area contributed by atoms with Crippen LogP contribution in [0.3, 0.4) is 0 Å². The zero-order valence-corrected chi connectivity index (χ0v) is 10.4. The van der Waals surface area contributed by atoms with Gasteiger partial charge >= 0.3 is 5.97 Å². The fourth-order valence-corrected chi connectivity index (χ4v) is 2.18. The molecule has 17 heavy (non-hydrogen) atoms. The summed E-state index contributed by atoms with van der Waals surface area (Å²) in [7, 11) is 0. The molecule has 0 bridgehead atoms. The van der Waals surface area contributed by atoms with Crippen LogP contribution in [0.15, 0.2) is 0 Å². The van der Waals surface area contributed by atoms with Crippen LogP contribution in [0.5, 0.6) is 0 Å². The highest BCUT2D eigenvalue weighted by Crippen LogP contribution is 2.44. The number of ether oxygens (including phenoxy) is 4. The largest absolute Gasteiger partial charge is 0.430 e. The number of hydrogen-bond donors (Lipinski definition) is 1. The highest BCUT2D eigenvalue weighted by molar-refractivity contribution is 5.83. The molecule has 0 aromatic rings. The lowest BCUT2D eigenvalue weighted by Gasteiger charge is -2.22. The third kappa shape index (κ3) is 1.95. The summed E-state index contributed by atoms with van der Waals surface area (Å²) < 4.78 is 21.6.